The molecule has 1 aliphatic heterocycles. The minimum atomic E-state index is -0.423. The van der Waals surface area contributed by atoms with Gasteiger partial charge in [-0.3, -0.25) is 0 Å². The van der Waals surface area contributed by atoms with E-state index in [2.05, 4.69) is 0 Å². The summed E-state index contributed by atoms with van der Waals surface area (Å²) in [4.78, 5) is 0. The number of benzene rings is 2. The molecule has 0 radical (unpaired) electrons. The Morgan fingerprint density at radius 3 is 2.86 bits per heavy atom. The van der Waals surface area contributed by atoms with Crippen LogP contribution in [-0.4, -0.2) is 6.61 Å². The number of rotatable bonds is 4. The molecule has 0 aromatic heterocycles. The monoisotopic (exact) mass is 326 g/mol. The van der Waals surface area contributed by atoms with Gasteiger partial charge in [-0.25, -0.2) is 4.39 Å². The largest absolute Gasteiger partial charge is 0.493 e. The van der Waals surface area contributed by atoms with Gasteiger partial charge in [0.2, 0.25) is 0 Å². The van der Waals surface area contributed by atoms with Crippen LogP contribution in [-0.2, 0) is 18.9 Å². The average molecular weight is 327 g/mol. The Bertz CT molecular complexity index is 674. The lowest BCUT2D eigenvalue weighted by molar-refractivity contribution is 0.279. The summed E-state index contributed by atoms with van der Waals surface area (Å²) in [6.07, 6.45) is 0.835. The van der Waals surface area contributed by atoms with Crippen LogP contribution in [0.3, 0.4) is 0 Å². The zero-order valence-electron chi connectivity index (χ0n) is 11.2. The third-order valence-electron chi connectivity index (χ3n) is 3.36. The summed E-state index contributed by atoms with van der Waals surface area (Å²) in [5.74, 6) is 0.841. The highest BCUT2D eigenvalue weighted by atomic mass is 35.5. The lowest BCUT2D eigenvalue weighted by atomic mass is 10.1. The molecule has 0 spiro atoms. The number of ether oxygens (including phenoxy) is 2. The van der Waals surface area contributed by atoms with Gasteiger partial charge in [-0.2, -0.15) is 0 Å². The predicted octanol–water partition coefficient (Wildman–Crippen LogP) is 4.73. The van der Waals surface area contributed by atoms with E-state index in [0.717, 1.165) is 23.3 Å². The van der Waals surface area contributed by atoms with Gasteiger partial charge < -0.3 is 9.47 Å². The van der Waals surface area contributed by atoms with Crippen LogP contribution in [0.1, 0.15) is 16.7 Å². The Labute approximate surface area is 132 Å². The molecule has 1 aliphatic rings. The second kappa shape index (κ2) is 6.12. The molecule has 0 atom stereocenters. The molecule has 0 saturated carbocycles. The van der Waals surface area contributed by atoms with E-state index in [1.807, 2.05) is 6.07 Å². The van der Waals surface area contributed by atoms with Gasteiger partial charge in [0.05, 0.1) is 6.61 Å². The molecule has 0 N–H and O–H groups in total. The molecule has 0 bridgehead atoms. The first-order chi connectivity index (χ1) is 10.2. The van der Waals surface area contributed by atoms with Crippen LogP contribution in [0.4, 0.5) is 4.39 Å². The van der Waals surface area contributed by atoms with Crippen molar-refractivity contribution < 1.29 is 13.9 Å². The van der Waals surface area contributed by atoms with E-state index < -0.39 is 5.82 Å². The van der Waals surface area contributed by atoms with E-state index >= 15 is 0 Å². The van der Waals surface area contributed by atoms with E-state index in [1.165, 1.54) is 6.07 Å². The van der Waals surface area contributed by atoms with Crippen LogP contribution in [0.25, 0.3) is 0 Å². The molecular weight excluding hydrogens is 314 g/mol. The summed E-state index contributed by atoms with van der Waals surface area (Å²) in [6, 6.07) is 8.38. The van der Waals surface area contributed by atoms with Crippen molar-refractivity contribution in [3.63, 3.8) is 0 Å². The van der Waals surface area contributed by atoms with Crippen molar-refractivity contribution in [3.05, 3.63) is 57.9 Å². The topological polar surface area (TPSA) is 18.5 Å². The number of fused-ring (bicyclic) bond motifs is 1. The SMILES string of the molecule is Fc1cc(CCl)ccc1OCc1cc(Cl)cc2c1OCC2. The number of halogens is 3. The van der Waals surface area contributed by atoms with Crippen molar-refractivity contribution >= 4 is 23.2 Å². The highest BCUT2D eigenvalue weighted by molar-refractivity contribution is 6.30. The Morgan fingerprint density at radius 1 is 1.24 bits per heavy atom. The second-order valence-corrected chi connectivity index (χ2v) is 5.54. The lowest BCUT2D eigenvalue weighted by Gasteiger charge is -2.11. The summed E-state index contributed by atoms with van der Waals surface area (Å²) >= 11 is 11.7. The van der Waals surface area contributed by atoms with Gasteiger partial charge in [-0.15, -0.1) is 11.6 Å². The fraction of sp³-hybridized carbons (Fsp3) is 0.250. The highest BCUT2D eigenvalue weighted by Gasteiger charge is 2.18. The second-order valence-electron chi connectivity index (χ2n) is 4.84. The van der Waals surface area contributed by atoms with Gasteiger partial charge in [-0.1, -0.05) is 17.7 Å². The van der Waals surface area contributed by atoms with Gasteiger partial charge in [0.25, 0.3) is 0 Å². The van der Waals surface area contributed by atoms with Crippen LogP contribution in [0.15, 0.2) is 30.3 Å². The molecule has 0 aliphatic carbocycles. The third-order valence-corrected chi connectivity index (χ3v) is 3.89. The van der Waals surface area contributed by atoms with Gasteiger partial charge in [0, 0.05) is 22.9 Å². The van der Waals surface area contributed by atoms with E-state index in [4.69, 9.17) is 32.7 Å². The van der Waals surface area contributed by atoms with Crippen LogP contribution < -0.4 is 9.47 Å². The summed E-state index contributed by atoms with van der Waals surface area (Å²) in [5.41, 5.74) is 2.61. The van der Waals surface area contributed by atoms with E-state index in [9.17, 15) is 4.39 Å². The smallest absolute Gasteiger partial charge is 0.165 e. The maximum Gasteiger partial charge on any atom is 0.165 e. The molecule has 2 nitrogen and oxygen atoms in total. The van der Waals surface area contributed by atoms with Crippen molar-refractivity contribution in [1.82, 2.24) is 0 Å². The molecule has 5 heteroatoms. The maximum absolute atomic E-state index is 13.9. The first kappa shape index (κ1) is 14.5. The van der Waals surface area contributed by atoms with Gasteiger partial charge >= 0.3 is 0 Å². The molecule has 110 valence electrons. The predicted molar refractivity (Wildman–Crippen MR) is 80.9 cm³/mol. The number of alkyl halides is 1. The van der Waals surface area contributed by atoms with Crippen molar-refractivity contribution in [3.8, 4) is 11.5 Å². The minimum absolute atomic E-state index is 0.190. The molecule has 0 fully saturated rings. The highest BCUT2D eigenvalue weighted by Crippen LogP contribution is 2.33. The molecule has 0 saturated heterocycles. The minimum Gasteiger partial charge on any atom is -0.493 e. The van der Waals surface area contributed by atoms with Crippen LogP contribution in [0.2, 0.25) is 5.02 Å². The van der Waals surface area contributed by atoms with Crippen LogP contribution >= 0.6 is 23.2 Å². The average Bonchev–Trinajstić information content (AvgIpc) is 2.93. The number of hydrogen-bond acceptors (Lipinski definition) is 2. The molecule has 0 amide bonds. The van der Waals surface area contributed by atoms with Crippen LogP contribution in [0, 0.1) is 5.82 Å². The van der Waals surface area contributed by atoms with Crippen LogP contribution in [0.5, 0.6) is 11.5 Å². The zero-order valence-corrected chi connectivity index (χ0v) is 12.7. The molecule has 1 heterocycles. The normalized spacial score (nSPS) is 12.9. The first-order valence-electron chi connectivity index (χ1n) is 6.58. The Balaban J connectivity index is 1.79. The first-order valence-corrected chi connectivity index (χ1v) is 7.50. The summed E-state index contributed by atoms with van der Waals surface area (Å²) < 4.78 is 25.0. The van der Waals surface area contributed by atoms with Crippen molar-refractivity contribution in [2.45, 2.75) is 18.9 Å². The summed E-state index contributed by atoms with van der Waals surface area (Å²) in [7, 11) is 0. The van der Waals surface area contributed by atoms with Crippen molar-refractivity contribution in [1.29, 1.82) is 0 Å². The molecule has 3 rings (SSSR count). The lowest BCUT2D eigenvalue weighted by Crippen LogP contribution is -2.00. The number of hydrogen-bond donors (Lipinski definition) is 0. The Hall–Kier alpha value is -1.45. The van der Waals surface area contributed by atoms with Gasteiger partial charge in [-0.05, 0) is 35.4 Å². The third kappa shape index (κ3) is 3.09. The molecule has 0 unspecified atom stereocenters. The quantitative estimate of drug-likeness (QED) is 0.756. The summed E-state index contributed by atoms with van der Waals surface area (Å²) in [6.45, 7) is 0.849. The van der Waals surface area contributed by atoms with Gasteiger partial charge in [0.15, 0.2) is 11.6 Å². The van der Waals surface area contributed by atoms with Crippen molar-refractivity contribution in [2.75, 3.05) is 6.61 Å². The molecule has 2 aromatic carbocycles. The zero-order chi connectivity index (χ0) is 14.8. The van der Waals surface area contributed by atoms with Crippen molar-refractivity contribution in [2.24, 2.45) is 0 Å². The molecule has 2 aromatic rings. The molecule has 21 heavy (non-hydrogen) atoms. The fourth-order valence-electron chi connectivity index (χ4n) is 2.35. The van der Waals surface area contributed by atoms with E-state index in [0.29, 0.717) is 17.2 Å². The molecular formula is C16H13Cl2FO2. The fourth-order valence-corrected chi connectivity index (χ4v) is 2.78. The van der Waals surface area contributed by atoms with E-state index in [-0.39, 0.29) is 18.2 Å². The Kier molecular flexibility index (Phi) is 4.22. The Morgan fingerprint density at radius 2 is 2.10 bits per heavy atom. The van der Waals surface area contributed by atoms with Gasteiger partial charge in [0.1, 0.15) is 12.4 Å². The van der Waals surface area contributed by atoms with E-state index in [1.54, 1.807) is 18.2 Å². The standard InChI is InChI=1S/C16H13Cl2FO2/c17-8-10-1-2-15(14(19)5-10)21-9-12-7-13(18)6-11-3-4-20-16(11)12/h1-2,5-7H,3-4,8-9H2. The maximum atomic E-state index is 13.9. The summed E-state index contributed by atoms with van der Waals surface area (Å²) in [5, 5.41) is 0.635.